The lowest BCUT2D eigenvalue weighted by Gasteiger charge is -2.46. The molecule has 1 saturated heterocycles. The van der Waals surface area contributed by atoms with Crippen molar-refractivity contribution in [3.63, 3.8) is 0 Å². The lowest BCUT2D eigenvalue weighted by Crippen LogP contribution is -2.62. The molecule has 0 amide bonds. The summed E-state index contributed by atoms with van der Waals surface area (Å²) >= 11 is 0. The highest BCUT2D eigenvalue weighted by Gasteiger charge is 2.50. The molecule has 0 unspecified atom stereocenters. The van der Waals surface area contributed by atoms with Crippen LogP contribution in [-0.4, -0.2) is 37.3 Å². The maximum atomic E-state index is 7.28. The first-order valence-electron chi connectivity index (χ1n) is 19.5. The lowest BCUT2D eigenvalue weighted by molar-refractivity contribution is -0.310. The van der Waals surface area contributed by atoms with Gasteiger partial charge in [0.05, 0.1) is 33.0 Å². The molecule has 5 aromatic rings. The zero-order valence-corrected chi connectivity index (χ0v) is 33.6. The number of hydrogen-bond donors (Lipinski definition) is 0. The van der Waals surface area contributed by atoms with E-state index in [4.69, 9.17) is 28.4 Å². The highest BCUT2D eigenvalue weighted by atomic mass is 16.7. The summed E-state index contributed by atoms with van der Waals surface area (Å²) < 4.78 is 41.6. The van der Waals surface area contributed by atoms with Gasteiger partial charge in [0, 0.05) is 11.1 Å². The van der Waals surface area contributed by atoms with Crippen LogP contribution in [0.2, 0.25) is 0 Å². The third kappa shape index (κ3) is 11.2. The van der Waals surface area contributed by atoms with E-state index in [1.54, 1.807) is 0 Å². The monoisotopic (exact) mass is 742 g/mol. The van der Waals surface area contributed by atoms with E-state index >= 15 is 0 Å². The SMILES string of the molecule is Cc1cc(C(C)(C)C)c(O[C@H]2O[C@H](COCc3ccccc3)[C@@H](OCc3ccccc3)[C@H](OCc3ccccc3)[C@H]2OCc2ccccc2)c(C(C)(C)C)c1. The molecule has 0 aliphatic carbocycles. The predicted octanol–water partition coefficient (Wildman–Crippen LogP) is 10.7. The highest BCUT2D eigenvalue weighted by Crippen LogP contribution is 2.43. The van der Waals surface area contributed by atoms with Crippen molar-refractivity contribution in [2.75, 3.05) is 6.61 Å². The van der Waals surface area contributed by atoms with Crippen LogP contribution in [0.4, 0.5) is 0 Å². The van der Waals surface area contributed by atoms with Crippen molar-refractivity contribution < 1.29 is 28.4 Å². The van der Waals surface area contributed by atoms with Gasteiger partial charge in [-0.15, -0.1) is 0 Å². The zero-order chi connectivity index (χ0) is 38.8. The van der Waals surface area contributed by atoms with E-state index in [2.05, 4.69) is 109 Å². The van der Waals surface area contributed by atoms with Gasteiger partial charge in [0.25, 0.3) is 0 Å². The molecule has 5 atom stereocenters. The number of aryl methyl sites for hydroxylation is 1. The van der Waals surface area contributed by atoms with E-state index in [9.17, 15) is 0 Å². The Hall–Kier alpha value is -4.30. The molecule has 0 radical (unpaired) electrons. The summed E-state index contributed by atoms with van der Waals surface area (Å²) in [4.78, 5) is 0. The maximum Gasteiger partial charge on any atom is 0.229 e. The molecular formula is C49H58O6. The standard InChI is InChI=1S/C49H58O6/c1-35-28-40(48(2,3)4)43(41(29-35)49(5,6)7)55-47-46(53-33-39-26-18-11-19-27-39)45(52-32-38-24-16-10-17-25-38)44(51-31-37-22-14-9-15-23-37)42(54-47)34-50-30-36-20-12-8-13-21-36/h8-29,42,44-47H,30-34H2,1-7H3/t42-,44-,45+,46-,47-/m1/s1. The van der Waals surface area contributed by atoms with Crippen LogP contribution in [0.3, 0.4) is 0 Å². The van der Waals surface area contributed by atoms with Crippen LogP contribution in [0.1, 0.15) is 80.5 Å². The Labute approximate surface area is 328 Å². The van der Waals surface area contributed by atoms with Gasteiger partial charge in [0.1, 0.15) is 30.2 Å². The predicted molar refractivity (Wildman–Crippen MR) is 219 cm³/mol. The Balaban J connectivity index is 1.43. The van der Waals surface area contributed by atoms with Gasteiger partial charge < -0.3 is 28.4 Å². The van der Waals surface area contributed by atoms with Gasteiger partial charge in [-0.2, -0.15) is 0 Å². The molecule has 0 spiro atoms. The molecule has 0 aromatic heterocycles. The van der Waals surface area contributed by atoms with Crippen molar-refractivity contribution in [2.45, 2.75) is 116 Å². The van der Waals surface area contributed by atoms with Gasteiger partial charge in [-0.25, -0.2) is 0 Å². The number of rotatable bonds is 15. The van der Waals surface area contributed by atoms with Crippen LogP contribution < -0.4 is 4.74 Å². The summed E-state index contributed by atoms with van der Waals surface area (Å²) in [6.45, 7) is 17.3. The van der Waals surface area contributed by atoms with Gasteiger partial charge in [0.15, 0.2) is 0 Å². The third-order valence-electron chi connectivity index (χ3n) is 9.92. The molecule has 1 aliphatic rings. The topological polar surface area (TPSA) is 55.4 Å². The molecule has 1 heterocycles. The molecule has 5 aromatic carbocycles. The average molecular weight is 743 g/mol. The molecule has 6 rings (SSSR count). The number of hydrogen-bond acceptors (Lipinski definition) is 6. The van der Waals surface area contributed by atoms with E-state index < -0.39 is 30.7 Å². The largest absolute Gasteiger partial charge is 0.461 e. The van der Waals surface area contributed by atoms with E-state index in [-0.39, 0.29) is 17.4 Å². The van der Waals surface area contributed by atoms with Gasteiger partial charge in [-0.05, 0) is 40.0 Å². The van der Waals surface area contributed by atoms with E-state index in [1.165, 1.54) is 5.56 Å². The van der Waals surface area contributed by atoms with E-state index in [0.29, 0.717) is 26.4 Å². The maximum absolute atomic E-state index is 7.28. The Bertz CT molecular complexity index is 1850. The van der Waals surface area contributed by atoms with Gasteiger partial charge in [0.2, 0.25) is 6.29 Å². The van der Waals surface area contributed by atoms with Crippen LogP contribution >= 0.6 is 0 Å². The average Bonchev–Trinajstić information content (AvgIpc) is 3.17. The van der Waals surface area contributed by atoms with Crippen molar-refractivity contribution in [2.24, 2.45) is 0 Å². The van der Waals surface area contributed by atoms with Gasteiger partial charge in [-0.3, -0.25) is 0 Å². The Kier molecular flexibility index (Phi) is 13.6. The summed E-state index contributed by atoms with van der Waals surface area (Å²) in [7, 11) is 0. The van der Waals surface area contributed by atoms with Crippen molar-refractivity contribution in [1.29, 1.82) is 0 Å². The summed E-state index contributed by atoms with van der Waals surface area (Å²) in [6.07, 6.45) is -3.20. The van der Waals surface area contributed by atoms with Crippen LogP contribution in [0.25, 0.3) is 0 Å². The van der Waals surface area contributed by atoms with Crippen LogP contribution in [0.15, 0.2) is 133 Å². The Morgan fingerprint density at radius 2 is 0.873 bits per heavy atom. The molecule has 290 valence electrons. The Morgan fingerprint density at radius 3 is 1.29 bits per heavy atom. The highest BCUT2D eigenvalue weighted by molar-refractivity contribution is 5.50. The lowest BCUT2D eigenvalue weighted by atomic mass is 9.78. The minimum absolute atomic E-state index is 0.209. The molecule has 0 N–H and O–H groups in total. The molecule has 6 heteroatoms. The molecule has 0 bridgehead atoms. The molecule has 6 nitrogen and oxygen atoms in total. The zero-order valence-electron chi connectivity index (χ0n) is 33.6. The van der Waals surface area contributed by atoms with E-state index in [1.807, 2.05) is 72.8 Å². The van der Waals surface area contributed by atoms with Crippen molar-refractivity contribution in [3.05, 3.63) is 172 Å². The summed E-state index contributed by atoms with van der Waals surface area (Å²) in [6, 6.07) is 45.3. The molecule has 0 saturated carbocycles. The first kappa shape index (κ1) is 40.4. The third-order valence-corrected chi connectivity index (χ3v) is 9.92. The second-order valence-corrected chi connectivity index (χ2v) is 16.6. The second-order valence-electron chi connectivity index (χ2n) is 16.6. The molecule has 1 aliphatic heterocycles. The summed E-state index contributed by atoms with van der Waals surface area (Å²) in [5, 5.41) is 0. The van der Waals surface area contributed by atoms with Crippen LogP contribution in [-0.2, 0) is 60.9 Å². The summed E-state index contributed by atoms with van der Waals surface area (Å²) in [5.74, 6) is 0.818. The number of ether oxygens (including phenoxy) is 6. The first-order valence-corrected chi connectivity index (χ1v) is 19.5. The molecular weight excluding hydrogens is 685 g/mol. The number of benzene rings is 5. The summed E-state index contributed by atoms with van der Waals surface area (Å²) in [5.41, 5.74) is 7.23. The van der Waals surface area contributed by atoms with Crippen molar-refractivity contribution in [3.8, 4) is 5.75 Å². The Morgan fingerprint density at radius 1 is 0.491 bits per heavy atom. The quantitative estimate of drug-likeness (QED) is 0.106. The van der Waals surface area contributed by atoms with Gasteiger partial charge in [-0.1, -0.05) is 181 Å². The molecule has 55 heavy (non-hydrogen) atoms. The minimum Gasteiger partial charge on any atom is -0.461 e. The first-order chi connectivity index (χ1) is 26.5. The fourth-order valence-corrected chi connectivity index (χ4v) is 6.97. The van der Waals surface area contributed by atoms with Crippen LogP contribution in [0.5, 0.6) is 5.75 Å². The fraction of sp³-hybridized carbons (Fsp3) is 0.388. The fourth-order valence-electron chi connectivity index (χ4n) is 6.97. The smallest absolute Gasteiger partial charge is 0.229 e. The van der Waals surface area contributed by atoms with E-state index in [0.717, 1.165) is 39.1 Å². The van der Waals surface area contributed by atoms with Gasteiger partial charge >= 0.3 is 0 Å². The second kappa shape index (κ2) is 18.6. The van der Waals surface area contributed by atoms with Crippen molar-refractivity contribution >= 4 is 0 Å². The molecule has 1 fully saturated rings. The van der Waals surface area contributed by atoms with Crippen molar-refractivity contribution in [1.82, 2.24) is 0 Å². The van der Waals surface area contributed by atoms with Crippen LogP contribution in [0, 0.1) is 6.92 Å². The normalized spacial score (nSPS) is 20.3. The minimum atomic E-state index is -0.851.